The highest BCUT2D eigenvalue weighted by atomic mass is 16.3. The molecule has 3 aromatic heterocycles. The molecule has 2 aliphatic rings. The molecule has 5 heterocycles. The molecule has 0 saturated carbocycles. The molecule has 0 saturated heterocycles. The van der Waals surface area contributed by atoms with Crippen molar-refractivity contribution in [1.29, 1.82) is 0 Å². The Morgan fingerprint density at radius 1 is 0.609 bits per heavy atom. The van der Waals surface area contributed by atoms with E-state index in [0.717, 1.165) is 74.1 Å². The number of rotatable bonds is 5. The number of allylic oxidation sites excluding steroid dienone is 4. The second kappa shape index (κ2) is 10.7. The number of fused-ring (bicyclic) bond motifs is 5. The van der Waals surface area contributed by atoms with Crippen LogP contribution in [0.5, 0.6) is 0 Å². The number of hydrogen-bond donors (Lipinski definition) is 2. The average Bonchev–Trinajstić information content (AvgIpc) is 3.72. The highest BCUT2D eigenvalue weighted by Crippen LogP contribution is 2.38. The normalized spacial score (nSPS) is 14.3. The van der Waals surface area contributed by atoms with E-state index in [1.54, 1.807) is 0 Å². The van der Waals surface area contributed by atoms with Crippen molar-refractivity contribution in [2.24, 2.45) is 0 Å². The standard InChI is InChI=1S/C39H28N6O/c1-2-6-29(7-3-1)38-42-31-14-15-35-36(37(31)46-38)30-8-4-5-9-34(30)45(35)39-43-32(24-33(44-39)28-18-22-41-23-19-28)27-12-10-25(11-13-27)26-16-20-40-21-17-26/h1-20,22,24,40-41H,21,23H2. The van der Waals surface area contributed by atoms with Crippen molar-refractivity contribution < 1.29 is 4.42 Å². The van der Waals surface area contributed by atoms with Crippen LogP contribution >= 0.6 is 0 Å². The lowest BCUT2D eigenvalue weighted by molar-refractivity contribution is 0.623. The lowest BCUT2D eigenvalue weighted by Crippen LogP contribution is -2.10. The number of para-hydroxylation sites is 1. The van der Waals surface area contributed by atoms with Crippen LogP contribution in [0.3, 0.4) is 0 Å². The van der Waals surface area contributed by atoms with E-state index < -0.39 is 0 Å². The van der Waals surface area contributed by atoms with Gasteiger partial charge in [-0.3, -0.25) is 4.57 Å². The topological polar surface area (TPSA) is 80.8 Å². The maximum absolute atomic E-state index is 6.49. The summed E-state index contributed by atoms with van der Waals surface area (Å²) in [6.45, 7) is 1.58. The second-order valence-corrected chi connectivity index (χ2v) is 11.4. The van der Waals surface area contributed by atoms with Crippen LogP contribution in [-0.2, 0) is 0 Å². The van der Waals surface area contributed by atoms with Gasteiger partial charge in [0.15, 0.2) is 5.58 Å². The molecule has 0 radical (unpaired) electrons. The quantitative estimate of drug-likeness (QED) is 0.209. The SMILES string of the molecule is C1=CC(c2ccc(-c3cc(C4=CCNC=C4)nc(-n4c5ccccc5c5c6oc(-c7ccccc7)nc6ccc54)n3)cc2)=CCN1. The molecule has 0 bridgehead atoms. The number of benzene rings is 4. The summed E-state index contributed by atoms with van der Waals surface area (Å²) < 4.78 is 8.64. The maximum Gasteiger partial charge on any atom is 0.235 e. The molecule has 7 nitrogen and oxygen atoms in total. The van der Waals surface area contributed by atoms with E-state index in [2.05, 4.69) is 100 Å². The van der Waals surface area contributed by atoms with E-state index in [0.29, 0.717) is 11.8 Å². The number of aromatic nitrogens is 4. The van der Waals surface area contributed by atoms with Crippen molar-refractivity contribution in [3.63, 3.8) is 0 Å². The first-order valence-electron chi connectivity index (χ1n) is 15.4. The summed E-state index contributed by atoms with van der Waals surface area (Å²) in [5, 5.41) is 8.52. The Morgan fingerprint density at radius 2 is 1.33 bits per heavy atom. The predicted molar refractivity (Wildman–Crippen MR) is 185 cm³/mol. The van der Waals surface area contributed by atoms with Gasteiger partial charge in [-0.2, -0.15) is 0 Å². The zero-order valence-corrected chi connectivity index (χ0v) is 24.8. The molecule has 7 aromatic rings. The Hall–Kier alpha value is -6.21. The van der Waals surface area contributed by atoms with Crippen LogP contribution in [0.2, 0.25) is 0 Å². The van der Waals surface area contributed by atoms with Crippen LogP contribution < -0.4 is 10.6 Å². The fraction of sp³-hybridized carbons (Fsp3) is 0.0513. The Morgan fingerprint density at radius 3 is 2.11 bits per heavy atom. The molecule has 0 aliphatic carbocycles. The van der Waals surface area contributed by atoms with Gasteiger partial charge in [0.05, 0.1) is 27.8 Å². The molecular formula is C39H28N6O. The third-order valence-electron chi connectivity index (χ3n) is 8.58. The average molecular weight is 597 g/mol. The van der Waals surface area contributed by atoms with Crippen LogP contribution in [0.4, 0.5) is 0 Å². The summed E-state index contributed by atoms with van der Waals surface area (Å²) >= 11 is 0. The molecule has 2 N–H and O–H groups in total. The van der Waals surface area contributed by atoms with Crippen LogP contribution in [-0.4, -0.2) is 32.6 Å². The van der Waals surface area contributed by atoms with E-state index in [9.17, 15) is 0 Å². The summed E-state index contributed by atoms with van der Waals surface area (Å²) in [5.41, 5.74) is 10.6. The molecule has 220 valence electrons. The number of oxazole rings is 1. The van der Waals surface area contributed by atoms with Gasteiger partial charge < -0.3 is 15.1 Å². The molecule has 46 heavy (non-hydrogen) atoms. The smallest absolute Gasteiger partial charge is 0.235 e. The van der Waals surface area contributed by atoms with Gasteiger partial charge in [0.1, 0.15) is 5.52 Å². The van der Waals surface area contributed by atoms with Crippen LogP contribution in [0.25, 0.3) is 72.7 Å². The third-order valence-corrected chi connectivity index (χ3v) is 8.58. The number of dihydropyridines is 2. The van der Waals surface area contributed by atoms with Crippen molar-refractivity contribution >= 4 is 44.1 Å². The maximum atomic E-state index is 6.49. The van der Waals surface area contributed by atoms with Crippen LogP contribution in [0.15, 0.2) is 138 Å². The molecule has 2 aliphatic heterocycles. The second-order valence-electron chi connectivity index (χ2n) is 11.4. The van der Waals surface area contributed by atoms with Crippen molar-refractivity contribution in [3.05, 3.63) is 145 Å². The van der Waals surface area contributed by atoms with Gasteiger partial charge in [-0.25, -0.2) is 15.0 Å². The van der Waals surface area contributed by atoms with Gasteiger partial charge in [0.2, 0.25) is 11.8 Å². The van der Waals surface area contributed by atoms with E-state index in [1.807, 2.05) is 48.8 Å². The lowest BCUT2D eigenvalue weighted by Gasteiger charge is -2.14. The van der Waals surface area contributed by atoms with E-state index in [-0.39, 0.29) is 0 Å². The van der Waals surface area contributed by atoms with Crippen LogP contribution in [0, 0.1) is 0 Å². The van der Waals surface area contributed by atoms with Gasteiger partial charge in [-0.1, -0.05) is 72.8 Å². The van der Waals surface area contributed by atoms with Crippen molar-refractivity contribution in [1.82, 2.24) is 30.2 Å². The van der Waals surface area contributed by atoms with Gasteiger partial charge >= 0.3 is 0 Å². The molecule has 0 atom stereocenters. The molecule has 4 aromatic carbocycles. The first-order chi connectivity index (χ1) is 22.8. The monoisotopic (exact) mass is 596 g/mol. The Bertz CT molecular complexity index is 2410. The Labute approximate surface area is 264 Å². The van der Waals surface area contributed by atoms with E-state index >= 15 is 0 Å². The van der Waals surface area contributed by atoms with Crippen molar-refractivity contribution in [2.45, 2.75) is 0 Å². The first kappa shape index (κ1) is 26.2. The van der Waals surface area contributed by atoms with Gasteiger partial charge in [0.25, 0.3) is 0 Å². The van der Waals surface area contributed by atoms with Crippen molar-refractivity contribution in [2.75, 3.05) is 13.1 Å². The van der Waals surface area contributed by atoms with Gasteiger partial charge in [0, 0.05) is 29.6 Å². The third kappa shape index (κ3) is 4.40. The molecule has 0 spiro atoms. The summed E-state index contributed by atoms with van der Waals surface area (Å²) in [6.07, 6.45) is 12.5. The summed E-state index contributed by atoms with van der Waals surface area (Å²) in [5.74, 6) is 1.20. The molecule has 9 rings (SSSR count). The van der Waals surface area contributed by atoms with Crippen molar-refractivity contribution in [3.8, 4) is 28.7 Å². The number of nitrogens with zero attached hydrogens (tertiary/aromatic N) is 4. The van der Waals surface area contributed by atoms with E-state index in [4.69, 9.17) is 19.4 Å². The van der Waals surface area contributed by atoms with Gasteiger partial charge in [-0.05, 0) is 77.7 Å². The zero-order valence-electron chi connectivity index (χ0n) is 24.8. The summed E-state index contributed by atoms with van der Waals surface area (Å²) in [4.78, 5) is 15.3. The number of nitrogens with one attached hydrogen (secondary N) is 2. The largest absolute Gasteiger partial charge is 0.435 e. The highest BCUT2D eigenvalue weighted by molar-refractivity contribution is 6.19. The Balaban J connectivity index is 1.26. The lowest BCUT2D eigenvalue weighted by atomic mass is 10.0. The molecule has 0 fully saturated rings. The fourth-order valence-corrected chi connectivity index (χ4v) is 6.33. The zero-order chi connectivity index (χ0) is 30.5. The fourth-order valence-electron chi connectivity index (χ4n) is 6.33. The molecular weight excluding hydrogens is 568 g/mol. The van der Waals surface area contributed by atoms with Crippen LogP contribution in [0.1, 0.15) is 11.3 Å². The minimum Gasteiger partial charge on any atom is -0.435 e. The predicted octanol–water partition coefficient (Wildman–Crippen LogP) is 8.05. The molecule has 0 unspecified atom stereocenters. The molecule has 7 heteroatoms. The van der Waals surface area contributed by atoms with E-state index in [1.165, 1.54) is 11.1 Å². The number of hydrogen-bond acceptors (Lipinski definition) is 6. The minimum atomic E-state index is 0.599. The Kier molecular flexibility index (Phi) is 6.13. The minimum absolute atomic E-state index is 0.599. The molecule has 0 amide bonds. The van der Waals surface area contributed by atoms with Gasteiger partial charge in [-0.15, -0.1) is 0 Å². The summed E-state index contributed by atoms with van der Waals surface area (Å²) in [6, 6.07) is 33.2. The highest BCUT2D eigenvalue weighted by Gasteiger charge is 2.21. The first-order valence-corrected chi connectivity index (χ1v) is 15.4. The summed E-state index contributed by atoms with van der Waals surface area (Å²) in [7, 11) is 0.